The second-order valence-electron chi connectivity index (χ2n) is 5.60. The average molecular weight is 304 g/mol. The molecular formula is C19H20N4. The number of fused-ring (bicyclic) bond motifs is 1. The molecular weight excluding hydrogens is 284 g/mol. The molecule has 2 aromatic carbocycles. The van der Waals surface area contributed by atoms with Gasteiger partial charge in [-0.1, -0.05) is 37.6 Å². The molecule has 0 amide bonds. The number of hydrogen-bond acceptors (Lipinski definition) is 3. The summed E-state index contributed by atoms with van der Waals surface area (Å²) in [6, 6.07) is 18.1. The number of unbranched alkanes of at least 4 members (excludes halogenated alkanes) is 1. The monoisotopic (exact) mass is 304 g/mol. The van der Waals surface area contributed by atoms with Gasteiger partial charge < -0.3 is 9.88 Å². The highest BCUT2D eigenvalue weighted by molar-refractivity contribution is 5.78. The maximum Gasteiger partial charge on any atom is 0.204 e. The highest BCUT2D eigenvalue weighted by atomic mass is 15.2. The maximum absolute atomic E-state index is 8.92. The molecule has 0 spiro atoms. The lowest BCUT2D eigenvalue weighted by atomic mass is 10.1. The molecule has 1 aromatic heterocycles. The van der Waals surface area contributed by atoms with E-state index in [1.54, 1.807) is 0 Å². The Hall–Kier alpha value is -2.80. The van der Waals surface area contributed by atoms with Gasteiger partial charge in [-0.25, -0.2) is 4.98 Å². The van der Waals surface area contributed by atoms with Gasteiger partial charge in [0.15, 0.2) is 0 Å². The van der Waals surface area contributed by atoms with Crippen LogP contribution in [0.25, 0.3) is 11.0 Å². The lowest BCUT2D eigenvalue weighted by molar-refractivity contribution is 0.790. The van der Waals surface area contributed by atoms with Crippen LogP contribution in [0.2, 0.25) is 0 Å². The molecule has 0 aliphatic heterocycles. The number of nitriles is 1. The van der Waals surface area contributed by atoms with Crippen molar-refractivity contribution in [2.75, 3.05) is 11.9 Å². The van der Waals surface area contributed by atoms with E-state index in [2.05, 4.69) is 28.9 Å². The highest BCUT2D eigenvalue weighted by Gasteiger charge is 2.10. The Labute approximate surface area is 136 Å². The molecule has 0 bridgehead atoms. The fraction of sp³-hybridized carbons (Fsp3) is 0.263. The van der Waals surface area contributed by atoms with Crippen LogP contribution in [0.3, 0.4) is 0 Å². The van der Waals surface area contributed by atoms with E-state index in [0.717, 1.165) is 48.5 Å². The van der Waals surface area contributed by atoms with Gasteiger partial charge in [0, 0.05) is 6.54 Å². The van der Waals surface area contributed by atoms with Crippen LogP contribution >= 0.6 is 0 Å². The summed E-state index contributed by atoms with van der Waals surface area (Å²) < 4.78 is 2.20. The zero-order valence-corrected chi connectivity index (χ0v) is 13.3. The van der Waals surface area contributed by atoms with Crippen molar-refractivity contribution in [1.82, 2.24) is 9.55 Å². The van der Waals surface area contributed by atoms with E-state index in [9.17, 15) is 0 Å². The van der Waals surface area contributed by atoms with Crippen LogP contribution in [0.1, 0.15) is 30.9 Å². The Kier molecular flexibility index (Phi) is 4.58. The van der Waals surface area contributed by atoms with Gasteiger partial charge in [-0.2, -0.15) is 5.26 Å². The van der Waals surface area contributed by atoms with Crippen molar-refractivity contribution in [3.05, 3.63) is 59.7 Å². The Balaban J connectivity index is 1.93. The van der Waals surface area contributed by atoms with Crippen LogP contribution in [0, 0.1) is 11.3 Å². The van der Waals surface area contributed by atoms with Crippen LogP contribution in [-0.4, -0.2) is 16.1 Å². The molecule has 1 N–H and O–H groups in total. The first-order valence-electron chi connectivity index (χ1n) is 8.00. The van der Waals surface area contributed by atoms with Crippen molar-refractivity contribution in [2.45, 2.75) is 26.3 Å². The van der Waals surface area contributed by atoms with Crippen molar-refractivity contribution in [3.63, 3.8) is 0 Å². The summed E-state index contributed by atoms with van der Waals surface area (Å²) >= 11 is 0. The van der Waals surface area contributed by atoms with Crippen LogP contribution in [0.4, 0.5) is 5.95 Å². The number of nitrogens with zero attached hydrogens (tertiary/aromatic N) is 3. The predicted molar refractivity (Wildman–Crippen MR) is 93.4 cm³/mol. The third-order valence-corrected chi connectivity index (χ3v) is 3.89. The molecule has 0 saturated heterocycles. The van der Waals surface area contributed by atoms with Crippen molar-refractivity contribution in [2.24, 2.45) is 0 Å². The summed E-state index contributed by atoms with van der Waals surface area (Å²) in [5.74, 6) is 0.906. The first kappa shape index (κ1) is 15.1. The molecule has 4 nitrogen and oxygen atoms in total. The molecule has 4 heteroatoms. The molecule has 3 rings (SSSR count). The number of imidazole rings is 1. The summed E-state index contributed by atoms with van der Waals surface area (Å²) in [4.78, 5) is 4.71. The number of benzene rings is 2. The molecule has 1 heterocycles. The lowest BCUT2D eigenvalue weighted by Crippen LogP contribution is -2.09. The van der Waals surface area contributed by atoms with E-state index < -0.39 is 0 Å². The minimum absolute atomic E-state index is 0.686. The summed E-state index contributed by atoms with van der Waals surface area (Å²) in [6.45, 7) is 3.84. The molecule has 0 fully saturated rings. The van der Waals surface area contributed by atoms with E-state index in [0.29, 0.717) is 5.56 Å². The van der Waals surface area contributed by atoms with Crippen LogP contribution < -0.4 is 5.32 Å². The standard InChI is InChI=1S/C19H20N4/c1-2-3-12-21-19-22-17-6-4-5-7-18(17)23(19)14-16-10-8-15(13-20)9-11-16/h4-11H,2-3,12,14H2,1H3,(H,21,22). The van der Waals surface area contributed by atoms with Gasteiger partial charge in [-0.3, -0.25) is 0 Å². The van der Waals surface area contributed by atoms with Crippen molar-refractivity contribution in [3.8, 4) is 6.07 Å². The topological polar surface area (TPSA) is 53.6 Å². The fourth-order valence-electron chi connectivity index (χ4n) is 2.61. The zero-order chi connectivity index (χ0) is 16.1. The smallest absolute Gasteiger partial charge is 0.204 e. The minimum atomic E-state index is 0.686. The molecule has 0 saturated carbocycles. The molecule has 116 valence electrons. The third-order valence-electron chi connectivity index (χ3n) is 3.89. The molecule has 0 unspecified atom stereocenters. The molecule has 3 aromatic rings. The van der Waals surface area contributed by atoms with Gasteiger partial charge in [-0.05, 0) is 36.2 Å². The van der Waals surface area contributed by atoms with Crippen molar-refractivity contribution in [1.29, 1.82) is 5.26 Å². The maximum atomic E-state index is 8.92. The first-order chi connectivity index (χ1) is 11.3. The summed E-state index contributed by atoms with van der Waals surface area (Å²) in [7, 11) is 0. The molecule has 0 atom stereocenters. The Morgan fingerprint density at radius 1 is 1.13 bits per heavy atom. The second-order valence-corrected chi connectivity index (χ2v) is 5.60. The van der Waals surface area contributed by atoms with E-state index in [-0.39, 0.29) is 0 Å². The Morgan fingerprint density at radius 3 is 2.65 bits per heavy atom. The molecule has 23 heavy (non-hydrogen) atoms. The van der Waals surface area contributed by atoms with E-state index >= 15 is 0 Å². The van der Waals surface area contributed by atoms with Crippen LogP contribution in [0.5, 0.6) is 0 Å². The average Bonchev–Trinajstić information content (AvgIpc) is 2.94. The summed E-state index contributed by atoms with van der Waals surface area (Å²) in [6.07, 6.45) is 2.28. The van der Waals surface area contributed by atoms with Crippen LogP contribution in [-0.2, 0) is 6.54 Å². The van der Waals surface area contributed by atoms with E-state index in [1.807, 2.05) is 42.5 Å². The van der Waals surface area contributed by atoms with E-state index in [1.165, 1.54) is 0 Å². The minimum Gasteiger partial charge on any atom is -0.356 e. The summed E-state index contributed by atoms with van der Waals surface area (Å²) in [5, 5.41) is 12.4. The van der Waals surface area contributed by atoms with Crippen LogP contribution in [0.15, 0.2) is 48.5 Å². The number of anilines is 1. The molecule has 0 aliphatic rings. The SMILES string of the molecule is CCCCNc1nc2ccccc2n1Cc1ccc(C#N)cc1. The largest absolute Gasteiger partial charge is 0.356 e. The van der Waals surface area contributed by atoms with Gasteiger partial charge in [-0.15, -0.1) is 0 Å². The Morgan fingerprint density at radius 2 is 1.91 bits per heavy atom. The predicted octanol–water partition coefficient (Wildman–Crippen LogP) is 4.17. The number of aromatic nitrogens is 2. The van der Waals surface area contributed by atoms with Gasteiger partial charge in [0.25, 0.3) is 0 Å². The third kappa shape index (κ3) is 3.35. The summed E-state index contributed by atoms with van der Waals surface area (Å²) in [5.41, 5.74) is 3.97. The van der Waals surface area contributed by atoms with E-state index in [4.69, 9.17) is 10.2 Å². The van der Waals surface area contributed by atoms with Crippen molar-refractivity contribution < 1.29 is 0 Å². The van der Waals surface area contributed by atoms with Crippen molar-refractivity contribution >= 4 is 17.0 Å². The number of nitrogens with one attached hydrogen (secondary N) is 1. The second kappa shape index (κ2) is 6.97. The molecule has 0 radical (unpaired) electrons. The highest BCUT2D eigenvalue weighted by Crippen LogP contribution is 2.21. The Bertz CT molecular complexity index is 825. The van der Waals surface area contributed by atoms with Gasteiger partial charge in [0.05, 0.1) is 29.2 Å². The number of hydrogen-bond donors (Lipinski definition) is 1. The normalized spacial score (nSPS) is 10.6. The lowest BCUT2D eigenvalue weighted by Gasteiger charge is -2.11. The van der Waals surface area contributed by atoms with Gasteiger partial charge in [0.2, 0.25) is 5.95 Å². The molecule has 0 aliphatic carbocycles. The number of para-hydroxylation sites is 2. The zero-order valence-electron chi connectivity index (χ0n) is 13.3. The quantitative estimate of drug-likeness (QED) is 0.695. The van der Waals surface area contributed by atoms with Gasteiger partial charge in [0.1, 0.15) is 0 Å². The number of rotatable bonds is 6. The first-order valence-corrected chi connectivity index (χ1v) is 8.00. The van der Waals surface area contributed by atoms with Gasteiger partial charge >= 0.3 is 0 Å². The fourth-order valence-corrected chi connectivity index (χ4v) is 2.61.